The third-order valence-electron chi connectivity index (χ3n) is 2.27. The van der Waals surface area contributed by atoms with E-state index in [4.69, 9.17) is 9.47 Å². The molecule has 0 aliphatic heterocycles. The van der Waals surface area contributed by atoms with E-state index >= 15 is 0 Å². The van der Waals surface area contributed by atoms with Crippen LogP contribution in [0, 0.1) is 6.92 Å². The van der Waals surface area contributed by atoms with Gasteiger partial charge >= 0.3 is 5.97 Å². The maximum absolute atomic E-state index is 11.6. The fraction of sp³-hybridized carbons (Fsp3) is 0.400. The lowest BCUT2D eigenvalue weighted by Gasteiger charge is -2.19. The SMILES string of the molecule is COC(=O)/C(=C\NC(C)(C)C)Oc1ccc(C)cc1. The van der Waals surface area contributed by atoms with E-state index in [9.17, 15) is 4.79 Å². The second kappa shape index (κ2) is 6.27. The number of carbonyl (C=O) groups excluding carboxylic acids is 1. The minimum atomic E-state index is -0.516. The third kappa shape index (κ3) is 5.46. The third-order valence-corrected chi connectivity index (χ3v) is 2.27. The first-order chi connectivity index (χ1) is 8.81. The van der Waals surface area contributed by atoms with Crippen molar-refractivity contribution < 1.29 is 14.3 Å². The molecule has 4 heteroatoms. The number of hydrogen-bond donors (Lipinski definition) is 1. The summed E-state index contributed by atoms with van der Waals surface area (Å²) in [6, 6.07) is 7.45. The number of aryl methyl sites for hydroxylation is 1. The van der Waals surface area contributed by atoms with Gasteiger partial charge in [0, 0.05) is 11.7 Å². The van der Waals surface area contributed by atoms with Gasteiger partial charge in [-0.05, 0) is 39.8 Å². The quantitative estimate of drug-likeness (QED) is 0.515. The van der Waals surface area contributed by atoms with E-state index in [2.05, 4.69) is 5.32 Å². The van der Waals surface area contributed by atoms with Crippen molar-refractivity contribution in [3.05, 3.63) is 41.8 Å². The van der Waals surface area contributed by atoms with Crippen LogP contribution in [0.2, 0.25) is 0 Å². The van der Waals surface area contributed by atoms with Crippen molar-refractivity contribution in [2.45, 2.75) is 33.2 Å². The second-order valence-corrected chi connectivity index (χ2v) is 5.31. The minimum absolute atomic E-state index is 0.126. The number of benzene rings is 1. The molecule has 0 unspecified atom stereocenters. The van der Waals surface area contributed by atoms with E-state index in [1.165, 1.54) is 13.3 Å². The van der Waals surface area contributed by atoms with Crippen molar-refractivity contribution in [1.82, 2.24) is 5.32 Å². The molecule has 1 aromatic rings. The first kappa shape index (κ1) is 15.1. The van der Waals surface area contributed by atoms with E-state index < -0.39 is 5.97 Å². The Labute approximate surface area is 114 Å². The lowest BCUT2D eigenvalue weighted by Crippen LogP contribution is -2.32. The summed E-state index contributed by atoms with van der Waals surface area (Å²) < 4.78 is 10.2. The highest BCUT2D eigenvalue weighted by molar-refractivity contribution is 5.86. The minimum Gasteiger partial charge on any atom is -0.463 e. The number of esters is 1. The summed E-state index contributed by atoms with van der Waals surface area (Å²) in [6.45, 7) is 7.96. The van der Waals surface area contributed by atoms with Crippen LogP contribution in [0.25, 0.3) is 0 Å². The molecule has 0 saturated carbocycles. The Bertz CT molecular complexity index is 455. The molecule has 0 heterocycles. The van der Waals surface area contributed by atoms with Crippen LogP contribution >= 0.6 is 0 Å². The van der Waals surface area contributed by atoms with Gasteiger partial charge in [-0.25, -0.2) is 4.79 Å². The monoisotopic (exact) mass is 263 g/mol. The van der Waals surface area contributed by atoms with Crippen molar-refractivity contribution in [2.75, 3.05) is 7.11 Å². The van der Waals surface area contributed by atoms with Crippen molar-refractivity contribution in [3.63, 3.8) is 0 Å². The van der Waals surface area contributed by atoms with Gasteiger partial charge in [-0.3, -0.25) is 0 Å². The zero-order valence-electron chi connectivity index (χ0n) is 12.1. The molecule has 0 spiro atoms. The van der Waals surface area contributed by atoms with Gasteiger partial charge in [0.2, 0.25) is 5.76 Å². The summed E-state index contributed by atoms with van der Waals surface area (Å²) in [5.41, 5.74) is 0.972. The number of nitrogens with one attached hydrogen (secondary N) is 1. The van der Waals surface area contributed by atoms with Crippen molar-refractivity contribution in [3.8, 4) is 5.75 Å². The molecule has 0 saturated heterocycles. The Morgan fingerprint density at radius 2 is 1.79 bits per heavy atom. The van der Waals surface area contributed by atoms with Gasteiger partial charge in [0.05, 0.1) is 7.11 Å². The molecule has 4 nitrogen and oxygen atoms in total. The Morgan fingerprint density at radius 1 is 1.21 bits per heavy atom. The summed E-state index contributed by atoms with van der Waals surface area (Å²) in [4.78, 5) is 11.6. The number of rotatable bonds is 4. The highest BCUT2D eigenvalue weighted by atomic mass is 16.6. The molecule has 1 N–H and O–H groups in total. The first-order valence-corrected chi connectivity index (χ1v) is 6.12. The predicted molar refractivity (Wildman–Crippen MR) is 74.8 cm³/mol. The normalized spacial score (nSPS) is 11.9. The molecule has 0 amide bonds. The average molecular weight is 263 g/mol. The van der Waals surface area contributed by atoms with Crippen LogP contribution in [0.15, 0.2) is 36.2 Å². The fourth-order valence-corrected chi connectivity index (χ4v) is 1.25. The summed E-state index contributed by atoms with van der Waals surface area (Å²) in [5.74, 6) is 0.205. The molecule has 1 aromatic carbocycles. The molecule has 0 radical (unpaired) electrons. The molecule has 19 heavy (non-hydrogen) atoms. The van der Waals surface area contributed by atoms with Crippen LogP contribution in [0.4, 0.5) is 0 Å². The Balaban J connectivity index is 2.86. The summed E-state index contributed by atoms with van der Waals surface area (Å²) >= 11 is 0. The van der Waals surface area contributed by atoms with Crippen molar-refractivity contribution >= 4 is 5.97 Å². The number of carbonyl (C=O) groups is 1. The summed E-state index contributed by atoms with van der Waals surface area (Å²) in [7, 11) is 1.33. The Kier molecular flexibility index (Phi) is 4.98. The topological polar surface area (TPSA) is 47.6 Å². The molecular formula is C15H21NO3. The zero-order chi connectivity index (χ0) is 14.5. The standard InChI is InChI=1S/C15H21NO3/c1-11-6-8-12(9-7-11)19-13(14(17)18-5)10-16-15(2,3)4/h6-10,16H,1-5H3/b13-10+. The van der Waals surface area contributed by atoms with E-state index in [1.54, 1.807) is 0 Å². The van der Waals surface area contributed by atoms with E-state index in [0.717, 1.165) is 5.56 Å². The van der Waals surface area contributed by atoms with Crippen molar-refractivity contribution in [2.24, 2.45) is 0 Å². The second-order valence-electron chi connectivity index (χ2n) is 5.31. The fourth-order valence-electron chi connectivity index (χ4n) is 1.25. The lowest BCUT2D eigenvalue weighted by atomic mass is 10.1. The van der Waals surface area contributed by atoms with Gasteiger partial charge in [0.25, 0.3) is 0 Å². The molecule has 0 atom stereocenters. The molecule has 1 rings (SSSR count). The molecular weight excluding hydrogens is 242 g/mol. The summed E-state index contributed by atoms with van der Waals surface area (Å²) in [6.07, 6.45) is 1.53. The largest absolute Gasteiger partial charge is 0.463 e. The average Bonchev–Trinajstić information content (AvgIpc) is 2.34. The van der Waals surface area contributed by atoms with Crippen LogP contribution in [0.1, 0.15) is 26.3 Å². The molecule has 104 valence electrons. The van der Waals surface area contributed by atoms with Crippen LogP contribution in [0.5, 0.6) is 5.75 Å². The van der Waals surface area contributed by atoms with Gasteiger partial charge < -0.3 is 14.8 Å². The highest BCUT2D eigenvalue weighted by Gasteiger charge is 2.15. The summed E-state index contributed by atoms with van der Waals surface area (Å²) in [5, 5.41) is 3.08. The van der Waals surface area contributed by atoms with Crippen LogP contribution in [0.3, 0.4) is 0 Å². The molecule has 0 aliphatic carbocycles. The van der Waals surface area contributed by atoms with E-state index in [-0.39, 0.29) is 11.3 Å². The van der Waals surface area contributed by atoms with E-state index in [1.807, 2.05) is 52.0 Å². The Hall–Kier alpha value is -1.97. The Morgan fingerprint density at radius 3 is 2.26 bits per heavy atom. The molecule has 0 fully saturated rings. The van der Waals surface area contributed by atoms with Gasteiger partial charge in [-0.2, -0.15) is 0 Å². The van der Waals surface area contributed by atoms with Gasteiger partial charge in [-0.15, -0.1) is 0 Å². The van der Waals surface area contributed by atoms with Gasteiger partial charge in [0.15, 0.2) is 0 Å². The predicted octanol–water partition coefficient (Wildman–Crippen LogP) is 2.78. The maximum atomic E-state index is 11.6. The van der Waals surface area contributed by atoms with Crippen LogP contribution in [-0.4, -0.2) is 18.6 Å². The smallest absolute Gasteiger partial charge is 0.375 e. The van der Waals surface area contributed by atoms with E-state index in [0.29, 0.717) is 5.75 Å². The maximum Gasteiger partial charge on any atom is 0.375 e. The first-order valence-electron chi connectivity index (χ1n) is 6.12. The van der Waals surface area contributed by atoms with Crippen LogP contribution < -0.4 is 10.1 Å². The molecule has 0 aromatic heterocycles. The van der Waals surface area contributed by atoms with Crippen LogP contribution in [-0.2, 0) is 9.53 Å². The number of ether oxygens (including phenoxy) is 2. The van der Waals surface area contributed by atoms with Crippen molar-refractivity contribution in [1.29, 1.82) is 0 Å². The van der Waals surface area contributed by atoms with Gasteiger partial charge in [0.1, 0.15) is 5.75 Å². The molecule has 0 aliphatic rings. The number of methoxy groups -OCH3 is 1. The van der Waals surface area contributed by atoms with Gasteiger partial charge in [-0.1, -0.05) is 17.7 Å². The highest BCUT2D eigenvalue weighted by Crippen LogP contribution is 2.15. The number of hydrogen-bond acceptors (Lipinski definition) is 4. The lowest BCUT2D eigenvalue weighted by molar-refractivity contribution is -0.138. The molecule has 0 bridgehead atoms. The zero-order valence-corrected chi connectivity index (χ0v) is 12.1.